The Bertz CT molecular complexity index is 1100. The van der Waals surface area contributed by atoms with Gasteiger partial charge in [0.15, 0.2) is 0 Å². The minimum absolute atomic E-state index is 0.288. The van der Waals surface area contributed by atoms with Gasteiger partial charge in [0.1, 0.15) is 18.5 Å². The number of alkyl halides is 6. The van der Waals surface area contributed by atoms with E-state index in [1.807, 2.05) is 0 Å². The lowest BCUT2D eigenvalue weighted by molar-refractivity contribution is -0.215. The molecule has 1 aliphatic heterocycles. The van der Waals surface area contributed by atoms with Crippen molar-refractivity contribution in [3.63, 3.8) is 0 Å². The van der Waals surface area contributed by atoms with Gasteiger partial charge in [-0.15, -0.1) is 0 Å². The topological polar surface area (TPSA) is 77.8 Å². The third-order valence-corrected chi connectivity index (χ3v) is 4.99. The second-order valence-corrected chi connectivity index (χ2v) is 7.80. The molecule has 0 radical (unpaired) electrons. The third-order valence-electron chi connectivity index (χ3n) is 4.99. The molecule has 1 aliphatic rings. The second kappa shape index (κ2) is 9.91. The molecule has 3 rings (SSSR count). The molecule has 0 aliphatic carbocycles. The molecular weight excluding hydrogens is 482 g/mol. The maximum atomic E-state index is 13.6. The molecule has 1 N–H and O–H groups in total. The van der Waals surface area contributed by atoms with Crippen LogP contribution in [0.2, 0.25) is 0 Å². The van der Waals surface area contributed by atoms with Crippen LogP contribution in [0.5, 0.6) is 5.75 Å². The van der Waals surface area contributed by atoms with Gasteiger partial charge in [0.2, 0.25) is 6.23 Å². The van der Waals surface area contributed by atoms with Gasteiger partial charge in [0, 0.05) is 25.5 Å². The zero-order valence-electron chi connectivity index (χ0n) is 18.4. The highest BCUT2D eigenvalue weighted by Crippen LogP contribution is 2.39. The molecule has 2 aromatic rings. The van der Waals surface area contributed by atoms with E-state index in [-0.39, 0.29) is 24.1 Å². The number of hydrogen-bond acceptors (Lipinski definition) is 5. The first-order valence-corrected chi connectivity index (χ1v) is 10.1. The van der Waals surface area contributed by atoms with Crippen molar-refractivity contribution in [2.24, 2.45) is 0 Å². The Morgan fingerprint density at radius 3 is 2.37 bits per heavy atom. The van der Waals surface area contributed by atoms with Gasteiger partial charge < -0.3 is 24.6 Å². The van der Waals surface area contributed by atoms with Crippen molar-refractivity contribution < 1.29 is 40.6 Å². The highest BCUT2D eigenvalue weighted by Gasteiger charge is 2.51. The van der Waals surface area contributed by atoms with Crippen LogP contribution in [0, 0.1) is 11.3 Å². The summed E-state index contributed by atoms with van der Waals surface area (Å²) < 4.78 is 91.2. The molecule has 35 heavy (non-hydrogen) atoms. The lowest BCUT2D eigenvalue weighted by Gasteiger charge is -2.27. The zero-order chi connectivity index (χ0) is 26.0. The van der Waals surface area contributed by atoms with Crippen molar-refractivity contribution in [3.8, 4) is 11.8 Å². The molecule has 188 valence electrons. The van der Waals surface area contributed by atoms with Crippen molar-refractivity contribution in [1.29, 1.82) is 5.26 Å². The van der Waals surface area contributed by atoms with E-state index < -0.39 is 42.4 Å². The molecular formula is C22H20F6N4O3. The number of hydrogen-bond donors (Lipinski definition) is 1. The summed E-state index contributed by atoms with van der Waals surface area (Å²) in [6, 6.07) is 9.44. The van der Waals surface area contributed by atoms with Crippen molar-refractivity contribution in [1.82, 2.24) is 4.90 Å². The number of carbonyl (C=O) groups is 1. The van der Waals surface area contributed by atoms with E-state index in [4.69, 9.17) is 14.7 Å². The summed E-state index contributed by atoms with van der Waals surface area (Å²) in [5, 5.41) is 11.5. The van der Waals surface area contributed by atoms with Crippen molar-refractivity contribution >= 4 is 17.4 Å². The minimum atomic E-state index is -4.92. The molecule has 0 aromatic heterocycles. The summed E-state index contributed by atoms with van der Waals surface area (Å²) >= 11 is 0. The van der Waals surface area contributed by atoms with E-state index in [0.717, 1.165) is 12.1 Å². The lowest BCUT2D eigenvalue weighted by Crippen LogP contribution is -2.42. The van der Waals surface area contributed by atoms with Crippen LogP contribution in [0.3, 0.4) is 0 Å². The van der Waals surface area contributed by atoms with Gasteiger partial charge in [-0.05, 0) is 42.5 Å². The molecule has 1 fully saturated rings. The molecule has 0 saturated carbocycles. The Morgan fingerprint density at radius 2 is 1.83 bits per heavy atom. The minimum Gasteiger partial charge on any atom is -0.491 e. The number of amides is 2. The Kier molecular flexibility index (Phi) is 7.35. The molecule has 0 bridgehead atoms. The number of nitrogens with one attached hydrogen (secondary N) is 1. The Labute approximate surface area is 196 Å². The van der Waals surface area contributed by atoms with Crippen LogP contribution in [-0.2, 0) is 10.9 Å². The smallest absolute Gasteiger partial charge is 0.433 e. The Hall–Kier alpha value is -3.66. The predicted octanol–water partition coefficient (Wildman–Crippen LogP) is 4.84. The van der Waals surface area contributed by atoms with Gasteiger partial charge in [-0.1, -0.05) is 0 Å². The summed E-state index contributed by atoms with van der Waals surface area (Å²) in [6.45, 7) is -0.709. The number of halogens is 6. The maximum Gasteiger partial charge on any atom is 0.433 e. The monoisotopic (exact) mass is 502 g/mol. The summed E-state index contributed by atoms with van der Waals surface area (Å²) in [5.41, 5.74) is -1.95. The normalized spacial score (nSPS) is 18.2. The number of ether oxygens (including phenoxy) is 2. The molecule has 2 amide bonds. The Morgan fingerprint density at radius 1 is 1.17 bits per heavy atom. The van der Waals surface area contributed by atoms with Crippen LogP contribution in [0.15, 0.2) is 42.5 Å². The number of benzene rings is 2. The van der Waals surface area contributed by atoms with E-state index in [0.29, 0.717) is 16.7 Å². The van der Waals surface area contributed by atoms with E-state index in [9.17, 15) is 31.1 Å². The fourth-order valence-electron chi connectivity index (χ4n) is 3.30. The number of nitrogens with zero attached hydrogens (tertiary/aromatic N) is 3. The average Bonchev–Trinajstić information content (AvgIpc) is 3.22. The highest BCUT2D eigenvalue weighted by atomic mass is 19.4. The quantitative estimate of drug-likeness (QED) is 0.592. The molecule has 2 aromatic carbocycles. The van der Waals surface area contributed by atoms with Crippen LogP contribution in [0.1, 0.15) is 11.1 Å². The first kappa shape index (κ1) is 26.0. The van der Waals surface area contributed by atoms with Gasteiger partial charge in [-0.2, -0.15) is 31.6 Å². The summed E-state index contributed by atoms with van der Waals surface area (Å²) in [4.78, 5) is 13.6. The van der Waals surface area contributed by atoms with Crippen molar-refractivity contribution in [2.75, 3.05) is 37.5 Å². The maximum absolute atomic E-state index is 13.6. The second-order valence-electron chi connectivity index (χ2n) is 7.80. The standard InChI is InChI=1S/C22H20F6N4O3/c1-31(2)20(33)30-14-4-7-16(8-5-14)34-12-17-11-32(19(35-17)22(26,27)28)15-6-3-13(10-29)18(9-15)21(23,24)25/h3-9,17,19H,11-12H2,1-2H3,(H,30,33)/t17-,19+/m0/s1. The van der Waals surface area contributed by atoms with Gasteiger partial charge >= 0.3 is 18.4 Å². The molecule has 0 spiro atoms. The van der Waals surface area contributed by atoms with Crippen LogP contribution in [-0.4, -0.2) is 56.7 Å². The number of rotatable bonds is 5. The number of anilines is 2. The van der Waals surface area contributed by atoms with Crippen LogP contribution in [0.25, 0.3) is 0 Å². The SMILES string of the molecule is CN(C)C(=O)Nc1ccc(OC[C@@H]2CN(c3ccc(C#N)c(C(F)(F)F)c3)[C@@H](C(F)(F)F)O2)cc1. The number of nitriles is 1. The van der Waals surface area contributed by atoms with E-state index in [2.05, 4.69) is 5.32 Å². The lowest BCUT2D eigenvalue weighted by atomic mass is 10.1. The summed E-state index contributed by atoms with van der Waals surface area (Å²) in [5.74, 6) is 0.288. The number of urea groups is 1. The molecule has 2 atom stereocenters. The van der Waals surface area contributed by atoms with E-state index >= 15 is 0 Å². The van der Waals surface area contributed by atoms with Gasteiger partial charge in [0.05, 0.1) is 23.7 Å². The van der Waals surface area contributed by atoms with Crippen molar-refractivity contribution in [2.45, 2.75) is 24.7 Å². The summed E-state index contributed by atoms with van der Waals surface area (Å²) in [7, 11) is 3.13. The predicted molar refractivity (Wildman–Crippen MR) is 113 cm³/mol. The van der Waals surface area contributed by atoms with Crippen molar-refractivity contribution in [3.05, 3.63) is 53.6 Å². The van der Waals surface area contributed by atoms with E-state index in [1.165, 1.54) is 35.2 Å². The number of carbonyl (C=O) groups excluding carboxylic acids is 1. The van der Waals surface area contributed by atoms with E-state index in [1.54, 1.807) is 14.1 Å². The molecule has 1 heterocycles. The molecule has 0 unspecified atom stereocenters. The van der Waals surface area contributed by atoms with Gasteiger partial charge in [0.25, 0.3) is 0 Å². The molecule has 1 saturated heterocycles. The van der Waals surface area contributed by atoms with Crippen LogP contribution in [0.4, 0.5) is 42.5 Å². The molecule has 13 heteroatoms. The zero-order valence-corrected chi connectivity index (χ0v) is 18.4. The molecule has 7 nitrogen and oxygen atoms in total. The first-order valence-electron chi connectivity index (χ1n) is 10.1. The highest BCUT2D eigenvalue weighted by molar-refractivity contribution is 5.88. The van der Waals surface area contributed by atoms with Gasteiger partial charge in [-0.25, -0.2) is 4.79 Å². The fourth-order valence-corrected chi connectivity index (χ4v) is 3.30. The van der Waals surface area contributed by atoms with Crippen LogP contribution < -0.4 is 15.0 Å². The average molecular weight is 502 g/mol. The third kappa shape index (κ3) is 6.27. The largest absolute Gasteiger partial charge is 0.491 e. The van der Waals surface area contributed by atoms with Gasteiger partial charge in [-0.3, -0.25) is 0 Å². The summed E-state index contributed by atoms with van der Waals surface area (Å²) in [6.07, 6.45) is -13.4. The first-order chi connectivity index (χ1) is 16.3. The fraction of sp³-hybridized carbons (Fsp3) is 0.364. The van der Waals surface area contributed by atoms with Crippen LogP contribution >= 0.6 is 0 Å². The Balaban J connectivity index is 1.73.